The third-order valence-electron chi connectivity index (χ3n) is 4.50. The van der Waals surface area contributed by atoms with Gasteiger partial charge in [-0.25, -0.2) is 0 Å². The van der Waals surface area contributed by atoms with Crippen LogP contribution < -0.4 is 5.73 Å². The summed E-state index contributed by atoms with van der Waals surface area (Å²) in [6.07, 6.45) is 8.62. The first-order valence-corrected chi connectivity index (χ1v) is 7.43. The van der Waals surface area contributed by atoms with Crippen molar-refractivity contribution in [2.24, 2.45) is 11.7 Å². The fourth-order valence-electron chi connectivity index (χ4n) is 3.40. The van der Waals surface area contributed by atoms with Crippen molar-refractivity contribution in [1.29, 1.82) is 0 Å². The maximum Gasteiger partial charge on any atom is 0.0702 e. The number of para-hydroxylation sites is 1. The second-order valence-electron chi connectivity index (χ2n) is 5.70. The van der Waals surface area contributed by atoms with Crippen LogP contribution in [0.3, 0.4) is 0 Å². The van der Waals surface area contributed by atoms with Crippen LogP contribution in [0.2, 0.25) is 0 Å². The number of hydrogen-bond donors (Lipinski definition) is 1. The molecule has 100 valence electrons. The number of nitrogens with zero attached hydrogens (tertiary/aromatic N) is 1. The molecule has 1 aliphatic rings. The number of nitrogens with two attached hydrogens (primary N) is 1. The highest BCUT2D eigenvalue weighted by molar-refractivity contribution is 5.78. The Hall–Kier alpha value is -1.41. The Bertz CT molecular complexity index is 550. The Kier molecular flexibility index (Phi) is 3.79. The highest BCUT2D eigenvalue weighted by Crippen LogP contribution is 2.36. The molecule has 2 aromatic rings. The van der Waals surface area contributed by atoms with E-state index in [4.69, 9.17) is 5.73 Å². The van der Waals surface area contributed by atoms with Crippen molar-refractivity contribution in [3.8, 4) is 0 Å². The van der Waals surface area contributed by atoms with Crippen LogP contribution in [0.5, 0.6) is 0 Å². The van der Waals surface area contributed by atoms with Gasteiger partial charge in [0.25, 0.3) is 0 Å². The van der Waals surface area contributed by atoms with Gasteiger partial charge in [0, 0.05) is 11.6 Å². The largest absolute Gasteiger partial charge is 0.330 e. The Morgan fingerprint density at radius 1 is 1.11 bits per heavy atom. The smallest absolute Gasteiger partial charge is 0.0702 e. The predicted octanol–water partition coefficient (Wildman–Crippen LogP) is 3.86. The summed E-state index contributed by atoms with van der Waals surface area (Å²) in [4.78, 5) is 4.61. The van der Waals surface area contributed by atoms with Crippen LogP contribution >= 0.6 is 0 Å². The summed E-state index contributed by atoms with van der Waals surface area (Å²) in [6.45, 7) is 0.803. The summed E-state index contributed by atoms with van der Waals surface area (Å²) in [5, 5.41) is 1.25. The van der Waals surface area contributed by atoms with Gasteiger partial charge >= 0.3 is 0 Å². The summed E-state index contributed by atoms with van der Waals surface area (Å²) in [6, 6.07) is 10.7. The van der Waals surface area contributed by atoms with Crippen molar-refractivity contribution in [1.82, 2.24) is 4.98 Å². The van der Waals surface area contributed by atoms with E-state index in [1.54, 1.807) is 0 Å². The van der Waals surface area contributed by atoms with E-state index in [-0.39, 0.29) is 0 Å². The van der Waals surface area contributed by atoms with Gasteiger partial charge in [-0.1, -0.05) is 37.5 Å². The van der Waals surface area contributed by atoms with Crippen molar-refractivity contribution in [3.05, 3.63) is 42.1 Å². The normalized spacial score (nSPS) is 24.3. The lowest BCUT2D eigenvalue weighted by molar-refractivity contribution is 0.408. The van der Waals surface area contributed by atoms with E-state index in [1.807, 2.05) is 6.07 Å². The van der Waals surface area contributed by atoms with Crippen molar-refractivity contribution in [3.63, 3.8) is 0 Å². The van der Waals surface area contributed by atoms with E-state index < -0.39 is 0 Å². The Labute approximate surface area is 115 Å². The third kappa shape index (κ3) is 2.64. The molecule has 1 aromatic carbocycles. The van der Waals surface area contributed by atoms with Crippen LogP contribution in [-0.2, 0) is 0 Å². The summed E-state index contributed by atoms with van der Waals surface area (Å²) < 4.78 is 0. The predicted molar refractivity (Wildman–Crippen MR) is 80.1 cm³/mol. The molecule has 0 saturated heterocycles. The maximum absolute atomic E-state index is 5.99. The summed E-state index contributed by atoms with van der Waals surface area (Å²) in [7, 11) is 0. The Morgan fingerprint density at radius 3 is 2.84 bits per heavy atom. The van der Waals surface area contributed by atoms with Crippen LogP contribution in [0.15, 0.2) is 36.5 Å². The van der Waals surface area contributed by atoms with Gasteiger partial charge in [-0.05, 0) is 48.9 Å². The van der Waals surface area contributed by atoms with E-state index in [0.29, 0.717) is 11.8 Å². The first-order valence-electron chi connectivity index (χ1n) is 7.43. The SMILES string of the molecule is NCC1CCCCCC1c1cnc2ccccc2c1. The van der Waals surface area contributed by atoms with Crippen LogP contribution in [-0.4, -0.2) is 11.5 Å². The fourth-order valence-corrected chi connectivity index (χ4v) is 3.40. The second-order valence-corrected chi connectivity index (χ2v) is 5.70. The molecular weight excluding hydrogens is 232 g/mol. The quantitative estimate of drug-likeness (QED) is 0.827. The molecule has 2 unspecified atom stereocenters. The highest BCUT2D eigenvalue weighted by Gasteiger charge is 2.24. The number of hydrogen-bond acceptors (Lipinski definition) is 2. The first kappa shape index (κ1) is 12.6. The molecule has 1 saturated carbocycles. The lowest BCUT2D eigenvalue weighted by atomic mass is 9.83. The van der Waals surface area contributed by atoms with Gasteiger partial charge < -0.3 is 5.73 Å². The van der Waals surface area contributed by atoms with Crippen LogP contribution in [0.25, 0.3) is 10.9 Å². The zero-order valence-corrected chi connectivity index (χ0v) is 11.4. The van der Waals surface area contributed by atoms with Gasteiger partial charge in [0.05, 0.1) is 5.52 Å². The number of rotatable bonds is 2. The first-order chi connectivity index (χ1) is 9.38. The molecule has 2 atom stereocenters. The monoisotopic (exact) mass is 254 g/mol. The molecule has 2 N–H and O–H groups in total. The molecule has 2 nitrogen and oxygen atoms in total. The zero-order chi connectivity index (χ0) is 13.1. The van der Waals surface area contributed by atoms with Crippen LogP contribution in [0.4, 0.5) is 0 Å². The molecular formula is C17H22N2. The molecule has 1 aliphatic carbocycles. The van der Waals surface area contributed by atoms with Crippen molar-refractivity contribution in [2.45, 2.75) is 38.0 Å². The highest BCUT2D eigenvalue weighted by atomic mass is 14.7. The van der Waals surface area contributed by atoms with Gasteiger partial charge in [0.1, 0.15) is 0 Å². The lowest BCUT2D eigenvalue weighted by Gasteiger charge is -2.24. The average Bonchev–Trinajstić information content (AvgIpc) is 2.72. The molecule has 2 heteroatoms. The minimum absolute atomic E-state index is 0.601. The van der Waals surface area contributed by atoms with Gasteiger partial charge in [-0.3, -0.25) is 4.98 Å². The number of fused-ring (bicyclic) bond motifs is 1. The van der Waals surface area contributed by atoms with Crippen molar-refractivity contribution >= 4 is 10.9 Å². The molecule has 1 aromatic heterocycles. The molecule has 0 aliphatic heterocycles. The fraction of sp³-hybridized carbons (Fsp3) is 0.471. The Morgan fingerprint density at radius 2 is 1.95 bits per heavy atom. The van der Waals surface area contributed by atoms with Crippen LogP contribution in [0, 0.1) is 5.92 Å². The van der Waals surface area contributed by atoms with E-state index in [9.17, 15) is 0 Å². The topological polar surface area (TPSA) is 38.9 Å². The maximum atomic E-state index is 5.99. The second kappa shape index (κ2) is 5.70. The number of aromatic nitrogens is 1. The standard InChI is InChI=1S/C17H22N2/c18-11-14-7-2-1-3-8-16(14)15-10-13-6-4-5-9-17(13)19-12-15/h4-6,9-10,12,14,16H,1-3,7-8,11,18H2. The number of benzene rings is 1. The lowest BCUT2D eigenvalue weighted by Crippen LogP contribution is -2.21. The molecule has 0 radical (unpaired) electrons. The summed E-state index contributed by atoms with van der Waals surface area (Å²) >= 11 is 0. The van der Waals surface area contributed by atoms with Gasteiger partial charge in [-0.2, -0.15) is 0 Å². The minimum atomic E-state index is 0.601. The molecule has 1 fully saturated rings. The summed E-state index contributed by atoms with van der Waals surface area (Å²) in [5.41, 5.74) is 8.47. The molecule has 0 spiro atoms. The third-order valence-corrected chi connectivity index (χ3v) is 4.50. The van der Waals surface area contributed by atoms with Crippen molar-refractivity contribution < 1.29 is 0 Å². The van der Waals surface area contributed by atoms with E-state index in [1.165, 1.54) is 43.1 Å². The van der Waals surface area contributed by atoms with Crippen LogP contribution in [0.1, 0.15) is 43.6 Å². The zero-order valence-electron chi connectivity index (χ0n) is 11.4. The molecule has 1 heterocycles. The molecule has 3 rings (SSSR count). The van der Waals surface area contributed by atoms with E-state index in [0.717, 1.165) is 12.1 Å². The van der Waals surface area contributed by atoms with E-state index >= 15 is 0 Å². The minimum Gasteiger partial charge on any atom is -0.330 e. The molecule has 0 amide bonds. The van der Waals surface area contributed by atoms with E-state index in [2.05, 4.69) is 35.4 Å². The summed E-state index contributed by atoms with van der Waals surface area (Å²) in [5.74, 6) is 1.23. The number of pyridine rings is 1. The molecule has 19 heavy (non-hydrogen) atoms. The van der Waals surface area contributed by atoms with Gasteiger partial charge in [-0.15, -0.1) is 0 Å². The Balaban J connectivity index is 1.96. The van der Waals surface area contributed by atoms with Gasteiger partial charge in [0.2, 0.25) is 0 Å². The van der Waals surface area contributed by atoms with Crippen molar-refractivity contribution in [2.75, 3.05) is 6.54 Å². The molecule has 0 bridgehead atoms. The van der Waals surface area contributed by atoms with Gasteiger partial charge in [0.15, 0.2) is 0 Å². The average molecular weight is 254 g/mol.